The number of hydrogen-bond donors (Lipinski definition) is 1. The van der Waals surface area contributed by atoms with Crippen molar-refractivity contribution in [3.8, 4) is 0 Å². The van der Waals surface area contributed by atoms with Crippen LogP contribution in [0.4, 0.5) is 0 Å². The second-order valence-electron chi connectivity index (χ2n) is 5.20. The minimum absolute atomic E-state index is 0.0453. The number of furan rings is 1. The summed E-state index contributed by atoms with van der Waals surface area (Å²) >= 11 is 0. The van der Waals surface area contributed by atoms with Crippen LogP contribution >= 0.6 is 0 Å². The summed E-state index contributed by atoms with van der Waals surface area (Å²) in [6, 6.07) is 3.25. The Morgan fingerprint density at radius 2 is 2.05 bits per heavy atom. The van der Waals surface area contributed by atoms with Crippen molar-refractivity contribution in [1.29, 1.82) is 0 Å². The maximum absolute atomic E-state index is 12.0. The first kappa shape index (κ1) is 17.2. The van der Waals surface area contributed by atoms with E-state index in [0.717, 1.165) is 0 Å². The Morgan fingerprint density at radius 3 is 2.52 bits per heavy atom. The fourth-order valence-corrected chi connectivity index (χ4v) is 1.86. The first-order valence-corrected chi connectivity index (χ1v) is 6.93. The number of aliphatic hydroxyl groups excluding tert-OH is 1. The molecule has 116 valence electrons. The lowest BCUT2D eigenvalue weighted by Crippen LogP contribution is -2.12. The molecule has 0 saturated heterocycles. The lowest BCUT2D eigenvalue weighted by molar-refractivity contribution is -0.148. The molecule has 0 amide bonds. The van der Waals surface area contributed by atoms with E-state index in [-0.39, 0.29) is 24.7 Å². The summed E-state index contributed by atoms with van der Waals surface area (Å²) in [5, 5.41) is 9.00. The molecule has 0 bridgehead atoms. The Morgan fingerprint density at radius 1 is 1.38 bits per heavy atom. The largest absolute Gasteiger partial charge is 0.460 e. The van der Waals surface area contributed by atoms with E-state index in [4.69, 9.17) is 14.3 Å². The molecule has 0 fully saturated rings. The molecule has 5 nitrogen and oxygen atoms in total. The predicted octanol–water partition coefficient (Wildman–Crippen LogP) is 2.94. The van der Waals surface area contributed by atoms with Gasteiger partial charge in [-0.05, 0) is 30.0 Å². The van der Waals surface area contributed by atoms with Crippen LogP contribution in [0.15, 0.2) is 28.7 Å². The van der Waals surface area contributed by atoms with Gasteiger partial charge in [0.05, 0.1) is 0 Å². The van der Waals surface area contributed by atoms with Crippen LogP contribution in [-0.4, -0.2) is 16.9 Å². The number of hydrogen-bond acceptors (Lipinski definition) is 5. The molecule has 1 heterocycles. The van der Waals surface area contributed by atoms with Crippen LogP contribution in [-0.2, 0) is 20.9 Å². The smallest absolute Gasteiger partial charge is 0.303 e. The van der Waals surface area contributed by atoms with Crippen LogP contribution in [0.3, 0.4) is 0 Å². The standard InChI is InChI=1S/C16H22O5/c1-10(2)11(3)14(19)6-8-15(20-12(4)18)16-7-5-13(9-17)21-16/h5,7,10,15,17H,3,6,8-9H2,1-2,4H3/t15-/m1/s1. The summed E-state index contributed by atoms with van der Waals surface area (Å²) in [4.78, 5) is 23.1. The third kappa shape index (κ3) is 5.19. The van der Waals surface area contributed by atoms with Crippen molar-refractivity contribution >= 4 is 11.8 Å². The van der Waals surface area contributed by atoms with Crippen LogP contribution in [0.5, 0.6) is 0 Å². The maximum atomic E-state index is 12.0. The minimum Gasteiger partial charge on any atom is -0.460 e. The highest BCUT2D eigenvalue weighted by Crippen LogP contribution is 2.26. The van der Waals surface area contributed by atoms with Gasteiger partial charge in [-0.3, -0.25) is 9.59 Å². The molecular formula is C16H22O5. The molecule has 0 aliphatic carbocycles. The summed E-state index contributed by atoms with van der Waals surface area (Å²) in [5.74, 6) is 0.416. The molecule has 1 aromatic rings. The maximum Gasteiger partial charge on any atom is 0.303 e. The van der Waals surface area contributed by atoms with E-state index in [1.807, 2.05) is 13.8 Å². The van der Waals surface area contributed by atoms with Crippen molar-refractivity contribution in [3.05, 3.63) is 35.8 Å². The van der Waals surface area contributed by atoms with Crippen molar-refractivity contribution in [1.82, 2.24) is 0 Å². The normalized spacial score (nSPS) is 12.2. The Bertz CT molecular complexity index is 512. The fraction of sp³-hybridized carbons (Fsp3) is 0.500. The Labute approximate surface area is 124 Å². The number of ether oxygens (including phenoxy) is 1. The van der Waals surface area contributed by atoms with Crippen LogP contribution in [0.25, 0.3) is 0 Å². The summed E-state index contributed by atoms with van der Waals surface area (Å²) < 4.78 is 10.6. The van der Waals surface area contributed by atoms with Crippen LogP contribution in [0, 0.1) is 5.92 Å². The molecule has 0 saturated carbocycles. The van der Waals surface area contributed by atoms with Gasteiger partial charge in [0.1, 0.15) is 18.1 Å². The highest BCUT2D eigenvalue weighted by atomic mass is 16.6. The predicted molar refractivity (Wildman–Crippen MR) is 77.4 cm³/mol. The van der Waals surface area contributed by atoms with Gasteiger partial charge in [-0.2, -0.15) is 0 Å². The third-order valence-electron chi connectivity index (χ3n) is 3.15. The first-order chi connectivity index (χ1) is 9.85. The average molecular weight is 294 g/mol. The Balaban J connectivity index is 2.73. The summed E-state index contributed by atoms with van der Waals surface area (Å²) in [6.07, 6.45) is -0.0844. The van der Waals surface area contributed by atoms with Crippen molar-refractivity contribution in [2.24, 2.45) is 5.92 Å². The van der Waals surface area contributed by atoms with Crippen LogP contribution in [0.2, 0.25) is 0 Å². The van der Waals surface area contributed by atoms with E-state index in [1.165, 1.54) is 6.92 Å². The molecule has 5 heteroatoms. The van der Waals surface area contributed by atoms with E-state index in [9.17, 15) is 9.59 Å². The quantitative estimate of drug-likeness (QED) is 0.589. The van der Waals surface area contributed by atoms with E-state index in [2.05, 4.69) is 6.58 Å². The number of Topliss-reactive ketones (excluding diaryl/α,β-unsaturated/α-hetero) is 1. The average Bonchev–Trinajstić information content (AvgIpc) is 2.90. The lowest BCUT2D eigenvalue weighted by atomic mass is 9.96. The Kier molecular flexibility index (Phi) is 6.37. The molecule has 1 atom stereocenters. The van der Waals surface area contributed by atoms with E-state index in [1.54, 1.807) is 12.1 Å². The molecule has 0 unspecified atom stereocenters. The second-order valence-corrected chi connectivity index (χ2v) is 5.20. The van der Waals surface area contributed by atoms with Crippen molar-refractivity contribution in [2.45, 2.75) is 46.3 Å². The van der Waals surface area contributed by atoms with Crippen LogP contribution < -0.4 is 0 Å². The van der Waals surface area contributed by atoms with Gasteiger partial charge in [-0.15, -0.1) is 0 Å². The minimum atomic E-state index is -0.633. The monoisotopic (exact) mass is 294 g/mol. The van der Waals surface area contributed by atoms with E-state index in [0.29, 0.717) is 23.5 Å². The molecular weight excluding hydrogens is 272 g/mol. The van der Waals surface area contributed by atoms with Gasteiger partial charge in [0.2, 0.25) is 0 Å². The Hall–Kier alpha value is -1.88. The molecule has 0 aliphatic rings. The van der Waals surface area contributed by atoms with Gasteiger partial charge in [0.15, 0.2) is 11.9 Å². The number of rotatable bonds is 8. The number of carbonyl (C=O) groups is 2. The first-order valence-electron chi connectivity index (χ1n) is 6.93. The zero-order chi connectivity index (χ0) is 16.0. The van der Waals surface area contributed by atoms with Crippen molar-refractivity contribution in [3.63, 3.8) is 0 Å². The molecule has 1 aromatic heterocycles. The van der Waals surface area contributed by atoms with Gasteiger partial charge in [-0.1, -0.05) is 20.4 Å². The number of aliphatic hydroxyl groups is 1. The fourth-order valence-electron chi connectivity index (χ4n) is 1.86. The zero-order valence-electron chi connectivity index (χ0n) is 12.7. The van der Waals surface area contributed by atoms with E-state index < -0.39 is 12.1 Å². The molecule has 0 aromatic carbocycles. The number of ketones is 1. The van der Waals surface area contributed by atoms with Gasteiger partial charge < -0.3 is 14.3 Å². The van der Waals surface area contributed by atoms with Gasteiger partial charge in [-0.25, -0.2) is 0 Å². The number of carbonyl (C=O) groups excluding carboxylic acids is 2. The molecule has 1 rings (SSSR count). The second kappa shape index (κ2) is 7.78. The number of allylic oxidation sites excluding steroid dienone is 1. The summed E-state index contributed by atoms with van der Waals surface area (Å²) in [6.45, 7) is 8.66. The third-order valence-corrected chi connectivity index (χ3v) is 3.15. The van der Waals surface area contributed by atoms with Gasteiger partial charge in [0, 0.05) is 13.3 Å². The highest BCUT2D eigenvalue weighted by molar-refractivity contribution is 5.95. The molecule has 0 radical (unpaired) electrons. The van der Waals surface area contributed by atoms with Crippen molar-refractivity contribution in [2.75, 3.05) is 0 Å². The van der Waals surface area contributed by atoms with Crippen molar-refractivity contribution < 1.29 is 23.8 Å². The summed E-state index contributed by atoms with van der Waals surface area (Å²) in [5.41, 5.74) is 0.562. The molecule has 1 N–H and O–H groups in total. The zero-order valence-corrected chi connectivity index (χ0v) is 12.7. The topological polar surface area (TPSA) is 76.7 Å². The number of esters is 1. The molecule has 0 aliphatic heterocycles. The highest BCUT2D eigenvalue weighted by Gasteiger charge is 2.21. The summed E-state index contributed by atoms with van der Waals surface area (Å²) in [7, 11) is 0. The molecule has 21 heavy (non-hydrogen) atoms. The van der Waals surface area contributed by atoms with Crippen LogP contribution in [0.1, 0.15) is 51.2 Å². The molecule has 0 spiro atoms. The van der Waals surface area contributed by atoms with E-state index >= 15 is 0 Å². The lowest BCUT2D eigenvalue weighted by Gasteiger charge is -2.15. The SMILES string of the molecule is C=C(C(=O)CC[C@@H](OC(C)=O)c1ccc(CO)o1)C(C)C. The van der Waals surface area contributed by atoms with Gasteiger partial charge >= 0.3 is 5.97 Å². The van der Waals surface area contributed by atoms with Gasteiger partial charge in [0.25, 0.3) is 0 Å².